The smallest absolute Gasteiger partial charge is 0.150 e. The van der Waals surface area contributed by atoms with E-state index < -0.39 is 0 Å². The average molecular weight is 162 g/mol. The molecular formula is C10H10O2. The maximum atomic E-state index is 10.6. The van der Waals surface area contributed by atoms with Crippen LogP contribution in [-0.2, 0) is 4.74 Å². The van der Waals surface area contributed by atoms with E-state index in [1.54, 1.807) is 0 Å². The van der Waals surface area contributed by atoms with E-state index in [4.69, 9.17) is 4.74 Å². The van der Waals surface area contributed by atoms with E-state index in [-0.39, 0.29) is 0 Å². The van der Waals surface area contributed by atoms with Crippen LogP contribution >= 0.6 is 0 Å². The van der Waals surface area contributed by atoms with Crippen LogP contribution in [0, 0.1) is 0 Å². The van der Waals surface area contributed by atoms with Crippen LogP contribution in [0.25, 0.3) is 0 Å². The Labute approximate surface area is 71.2 Å². The third kappa shape index (κ3) is 1.14. The van der Waals surface area contributed by atoms with Crippen LogP contribution in [-0.4, -0.2) is 19.5 Å². The molecule has 0 aliphatic carbocycles. The van der Waals surface area contributed by atoms with Crippen molar-refractivity contribution in [2.75, 3.05) is 13.2 Å². The highest BCUT2D eigenvalue weighted by atomic mass is 16.5. The van der Waals surface area contributed by atoms with Gasteiger partial charge in [0.05, 0.1) is 13.2 Å². The Morgan fingerprint density at radius 2 is 2.08 bits per heavy atom. The maximum absolute atomic E-state index is 10.6. The number of hydrogen-bond donors (Lipinski definition) is 0. The van der Waals surface area contributed by atoms with E-state index in [2.05, 4.69) is 0 Å². The fraction of sp³-hybridized carbons (Fsp3) is 0.300. The Morgan fingerprint density at radius 3 is 2.67 bits per heavy atom. The molecule has 2 rings (SSSR count). The van der Waals surface area contributed by atoms with Gasteiger partial charge in [0.1, 0.15) is 6.29 Å². The van der Waals surface area contributed by atoms with Crippen LogP contribution in [0.1, 0.15) is 21.8 Å². The van der Waals surface area contributed by atoms with Gasteiger partial charge in [0.15, 0.2) is 0 Å². The van der Waals surface area contributed by atoms with E-state index in [1.807, 2.05) is 24.3 Å². The molecule has 0 spiro atoms. The van der Waals surface area contributed by atoms with Crippen LogP contribution < -0.4 is 0 Å². The van der Waals surface area contributed by atoms with Crippen molar-refractivity contribution in [1.29, 1.82) is 0 Å². The molecule has 1 aliphatic heterocycles. The minimum Gasteiger partial charge on any atom is -0.380 e. The molecule has 0 atom stereocenters. The predicted octanol–water partition coefficient (Wildman–Crippen LogP) is 1.61. The van der Waals surface area contributed by atoms with E-state index >= 15 is 0 Å². The molecule has 0 amide bonds. The van der Waals surface area contributed by atoms with Gasteiger partial charge in [0.25, 0.3) is 0 Å². The zero-order valence-electron chi connectivity index (χ0n) is 6.69. The molecule has 2 heteroatoms. The average Bonchev–Trinajstić information content (AvgIpc) is 2.02. The molecule has 0 unspecified atom stereocenters. The molecule has 1 fully saturated rings. The van der Waals surface area contributed by atoms with Crippen molar-refractivity contribution in [2.45, 2.75) is 5.92 Å². The maximum Gasteiger partial charge on any atom is 0.150 e. The first-order valence-electron chi connectivity index (χ1n) is 4.03. The molecule has 1 heterocycles. The molecule has 0 radical (unpaired) electrons. The molecule has 0 aromatic heterocycles. The fourth-order valence-electron chi connectivity index (χ4n) is 1.41. The highest BCUT2D eigenvalue weighted by Gasteiger charge is 2.22. The lowest BCUT2D eigenvalue weighted by atomic mass is 9.93. The van der Waals surface area contributed by atoms with Crippen molar-refractivity contribution in [1.82, 2.24) is 0 Å². The summed E-state index contributed by atoms with van der Waals surface area (Å²) in [5.41, 5.74) is 1.92. The summed E-state index contributed by atoms with van der Waals surface area (Å²) in [6, 6.07) is 7.69. The first-order valence-corrected chi connectivity index (χ1v) is 4.03. The zero-order chi connectivity index (χ0) is 8.39. The van der Waals surface area contributed by atoms with E-state index in [1.165, 1.54) is 0 Å². The Hall–Kier alpha value is -1.15. The lowest BCUT2D eigenvalue weighted by Crippen LogP contribution is -2.26. The Bertz CT molecular complexity index is 290. The van der Waals surface area contributed by atoms with Crippen LogP contribution in [0.15, 0.2) is 24.3 Å². The Kier molecular flexibility index (Phi) is 1.92. The van der Waals surface area contributed by atoms with E-state index in [0.717, 1.165) is 30.6 Å². The lowest BCUT2D eigenvalue weighted by molar-refractivity contribution is 0.00822. The van der Waals surface area contributed by atoms with E-state index in [9.17, 15) is 4.79 Å². The van der Waals surface area contributed by atoms with Gasteiger partial charge in [-0.15, -0.1) is 0 Å². The van der Waals surface area contributed by atoms with Crippen LogP contribution in [0.4, 0.5) is 0 Å². The molecule has 1 saturated heterocycles. The first kappa shape index (κ1) is 7.50. The van der Waals surface area contributed by atoms with Crippen molar-refractivity contribution >= 4 is 6.29 Å². The molecule has 0 N–H and O–H groups in total. The number of carbonyl (C=O) groups excluding carboxylic acids is 1. The first-order chi connectivity index (χ1) is 5.92. The molecular weight excluding hydrogens is 152 g/mol. The number of hydrogen-bond acceptors (Lipinski definition) is 2. The summed E-state index contributed by atoms with van der Waals surface area (Å²) in [6.45, 7) is 1.51. The van der Waals surface area contributed by atoms with Gasteiger partial charge in [-0.25, -0.2) is 0 Å². The van der Waals surface area contributed by atoms with Gasteiger partial charge in [0, 0.05) is 11.5 Å². The molecule has 1 aliphatic rings. The zero-order valence-corrected chi connectivity index (χ0v) is 6.69. The number of benzene rings is 1. The summed E-state index contributed by atoms with van der Waals surface area (Å²) in [6.07, 6.45) is 0.910. The van der Waals surface area contributed by atoms with Gasteiger partial charge < -0.3 is 4.74 Å². The van der Waals surface area contributed by atoms with Crippen molar-refractivity contribution in [3.05, 3.63) is 35.4 Å². The summed E-state index contributed by atoms with van der Waals surface area (Å²) < 4.78 is 5.07. The topological polar surface area (TPSA) is 26.3 Å². The molecule has 0 bridgehead atoms. The molecule has 1 aromatic carbocycles. The lowest BCUT2D eigenvalue weighted by Gasteiger charge is -2.27. The number of ether oxygens (including phenoxy) is 1. The van der Waals surface area contributed by atoms with Crippen molar-refractivity contribution < 1.29 is 9.53 Å². The summed E-state index contributed by atoms with van der Waals surface area (Å²) in [4.78, 5) is 10.6. The molecule has 62 valence electrons. The molecule has 2 nitrogen and oxygen atoms in total. The fourth-order valence-corrected chi connectivity index (χ4v) is 1.41. The van der Waals surface area contributed by atoms with Gasteiger partial charge in [-0.1, -0.05) is 24.3 Å². The van der Waals surface area contributed by atoms with Crippen LogP contribution in [0.2, 0.25) is 0 Å². The van der Waals surface area contributed by atoms with Crippen LogP contribution in [0.5, 0.6) is 0 Å². The van der Waals surface area contributed by atoms with Gasteiger partial charge in [0.2, 0.25) is 0 Å². The Balaban J connectivity index is 2.33. The summed E-state index contributed by atoms with van der Waals surface area (Å²) in [7, 11) is 0. The second kappa shape index (κ2) is 3.07. The van der Waals surface area contributed by atoms with Gasteiger partial charge in [-0.2, -0.15) is 0 Å². The van der Waals surface area contributed by atoms with Gasteiger partial charge in [-0.05, 0) is 5.56 Å². The van der Waals surface area contributed by atoms with Gasteiger partial charge in [-0.3, -0.25) is 4.79 Å². The standard InChI is InChI=1S/C10H10O2/c11-5-8-3-1-2-4-10(8)9-6-12-7-9/h1-5,9H,6-7H2. The highest BCUT2D eigenvalue weighted by molar-refractivity contribution is 5.77. The number of aldehydes is 1. The van der Waals surface area contributed by atoms with Gasteiger partial charge >= 0.3 is 0 Å². The highest BCUT2D eigenvalue weighted by Crippen LogP contribution is 2.25. The largest absolute Gasteiger partial charge is 0.380 e. The normalized spacial score (nSPS) is 17.0. The molecule has 12 heavy (non-hydrogen) atoms. The SMILES string of the molecule is O=Cc1ccccc1C1COC1. The van der Waals surface area contributed by atoms with Crippen molar-refractivity contribution in [3.8, 4) is 0 Å². The third-order valence-electron chi connectivity index (χ3n) is 2.20. The van der Waals surface area contributed by atoms with E-state index in [0.29, 0.717) is 5.92 Å². The quantitative estimate of drug-likeness (QED) is 0.617. The van der Waals surface area contributed by atoms with Crippen LogP contribution in [0.3, 0.4) is 0 Å². The number of carbonyl (C=O) groups is 1. The molecule has 1 aromatic rings. The number of rotatable bonds is 2. The summed E-state index contributed by atoms with van der Waals surface area (Å²) in [5.74, 6) is 0.436. The molecule has 0 saturated carbocycles. The minimum absolute atomic E-state index is 0.436. The second-order valence-electron chi connectivity index (χ2n) is 2.98. The minimum atomic E-state index is 0.436. The third-order valence-corrected chi connectivity index (χ3v) is 2.20. The predicted molar refractivity (Wildman–Crippen MR) is 45.4 cm³/mol. The summed E-state index contributed by atoms with van der Waals surface area (Å²) in [5, 5.41) is 0. The van der Waals surface area contributed by atoms with Crippen molar-refractivity contribution in [3.63, 3.8) is 0 Å². The monoisotopic (exact) mass is 162 g/mol. The Morgan fingerprint density at radius 1 is 1.33 bits per heavy atom. The second-order valence-corrected chi connectivity index (χ2v) is 2.98. The van der Waals surface area contributed by atoms with Crippen molar-refractivity contribution in [2.24, 2.45) is 0 Å². The summed E-state index contributed by atoms with van der Waals surface area (Å²) >= 11 is 0.